The fourth-order valence-electron chi connectivity index (χ4n) is 7.76. The minimum atomic E-state index is 1.11. The van der Waals surface area contributed by atoms with Gasteiger partial charge in [-0.2, -0.15) is 0 Å². The Labute approximate surface area is 325 Å². The van der Waals surface area contributed by atoms with Crippen molar-refractivity contribution in [3.63, 3.8) is 0 Å². The number of allylic oxidation sites excluding steroid dienone is 1. The zero-order valence-electron chi connectivity index (χ0n) is 32.0. The zero-order chi connectivity index (χ0) is 37.6. The first-order chi connectivity index (χ1) is 27.1. The van der Waals surface area contributed by atoms with E-state index in [2.05, 4.69) is 213 Å². The first-order valence-electron chi connectivity index (χ1n) is 19.5. The Kier molecular flexibility index (Phi) is 10.5. The van der Waals surface area contributed by atoms with E-state index in [1.54, 1.807) is 0 Å². The van der Waals surface area contributed by atoms with Gasteiger partial charge < -0.3 is 4.57 Å². The average Bonchev–Trinajstić information content (AvgIpc) is 3.58. The van der Waals surface area contributed by atoms with Crippen LogP contribution in [0, 0.1) is 13.8 Å². The molecule has 0 bridgehead atoms. The topological polar surface area (TPSA) is 4.93 Å². The van der Waals surface area contributed by atoms with E-state index < -0.39 is 0 Å². The summed E-state index contributed by atoms with van der Waals surface area (Å²) in [5, 5.41) is 5.11. The van der Waals surface area contributed by atoms with Crippen LogP contribution in [0.3, 0.4) is 0 Å². The quantitative estimate of drug-likeness (QED) is 0.171. The molecule has 10 rings (SSSR count). The average molecular weight is 710 g/mol. The van der Waals surface area contributed by atoms with Gasteiger partial charge in [0.1, 0.15) is 0 Å². The van der Waals surface area contributed by atoms with E-state index >= 15 is 0 Å². The number of hydrogen-bond acceptors (Lipinski definition) is 0. The van der Waals surface area contributed by atoms with E-state index in [0.29, 0.717) is 0 Å². The minimum Gasteiger partial charge on any atom is -0.309 e. The third-order valence-electron chi connectivity index (χ3n) is 10.8. The lowest BCUT2D eigenvalue weighted by molar-refractivity contribution is 0.981. The van der Waals surface area contributed by atoms with Gasteiger partial charge in [-0.1, -0.05) is 182 Å². The summed E-state index contributed by atoms with van der Waals surface area (Å²) < 4.78 is 2.41. The molecule has 9 aromatic rings. The van der Waals surface area contributed by atoms with Crippen molar-refractivity contribution in [2.75, 3.05) is 0 Å². The molecule has 0 saturated heterocycles. The molecule has 1 nitrogen and oxygen atoms in total. The Hall–Kier alpha value is -6.44. The van der Waals surface area contributed by atoms with Gasteiger partial charge in [-0.05, 0) is 107 Å². The molecule has 0 atom stereocenters. The summed E-state index contributed by atoms with van der Waals surface area (Å²) in [6.45, 7) is 6.48. The predicted octanol–water partition coefficient (Wildman–Crippen LogP) is 14.8. The molecular formula is C54H47N. The summed E-state index contributed by atoms with van der Waals surface area (Å²) in [5.74, 6) is 0. The highest BCUT2D eigenvalue weighted by Gasteiger charge is 2.14. The van der Waals surface area contributed by atoms with Gasteiger partial charge in [0.05, 0.1) is 16.7 Å². The fourth-order valence-corrected chi connectivity index (χ4v) is 7.76. The SMILES string of the molecule is CCc1ccc(-c2ccccc2)cc1.Cc1ccc(-c2ccc3c(c2)c2ccccc2n3-c2cccc3ccccc23)cc1.Cc1cccc2c1C=CCC2. The summed E-state index contributed by atoms with van der Waals surface area (Å²) in [6.07, 6.45) is 8.03. The largest absolute Gasteiger partial charge is 0.309 e. The number of nitrogens with zero attached hydrogens (tertiary/aromatic N) is 1. The van der Waals surface area contributed by atoms with Crippen LogP contribution in [0.1, 0.15) is 41.2 Å². The molecule has 0 spiro atoms. The van der Waals surface area contributed by atoms with Crippen LogP contribution in [0.4, 0.5) is 0 Å². The summed E-state index contributed by atoms with van der Waals surface area (Å²) in [5.41, 5.74) is 15.8. The fraction of sp³-hybridized carbons (Fsp3) is 0.111. The molecule has 55 heavy (non-hydrogen) atoms. The van der Waals surface area contributed by atoms with E-state index in [-0.39, 0.29) is 0 Å². The minimum absolute atomic E-state index is 1.11. The van der Waals surface area contributed by atoms with Crippen molar-refractivity contribution in [3.8, 4) is 27.9 Å². The van der Waals surface area contributed by atoms with Gasteiger partial charge in [0.15, 0.2) is 0 Å². The van der Waals surface area contributed by atoms with Crippen molar-refractivity contribution in [1.29, 1.82) is 0 Å². The highest BCUT2D eigenvalue weighted by Crippen LogP contribution is 2.37. The second-order valence-electron chi connectivity index (χ2n) is 14.5. The monoisotopic (exact) mass is 709 g/mol. The Morgan fingerprint density at radius 2 is 1.11 bits per heavy atom. The molecule has 0 fully saturated rings. The molecule has 8 aromatic carbocycles. The second-order valence-corrected chi connectivity index (χ2v) is 14.5. The van der Waals surface area contributed by atoms with Crippen LogP contribution >= 0.6 is 0 Å². The molecule has 0 aliphatic heterocycles. The zero-order valence-corrected chi connectivity index (χ0v) is 32.0. The number of para-hydroxylation sites is 1. The third-order valence-corrected chi connectivity index (χ3v) is 10.8. The second kappa shape index (κ2) is 16.3. The van der Waals surface area contributed by atoms with Gasteiger partial charge in [-0.15, -0.1) is 0 Å². The number of rotatable bonds is 4. The first kappa shape index (κ1) is 35.6. The van der Waals surface area contributed by atoms with Crippen molar-refractivity contribution >= 4 is 38.7 Å². The maximum absolute atomic E-state index is 2.41. The summed E-state index contributed by atoms with van der Waals surface area (Å²) >= 11 is 0. The Balaban J connectivity index is 0.000000140. The number of aromatic nitrogens is 1. The van der Waals surface area contributed by atoms with Crippen LogP contribution in [0.2, 0.25) is 0 Å². The van der Waals surface area contributed by atoms with Gasteiger partial charge in [-0.3, -0.25) is 0 Å². The number of fused-ring (bicyclic) bond motifs is 5. The van der Waals surface area contributed by atoms with Crippen molar-refractivity contribution in [2.24, 2.45) is 0 Å². The van der Waals surface area contributed by atoms with E-state index in [0.717, 1.165) is 6.42 Å². The number of hydrogen-bond donors (Lipinski definition) is 0. The summed E-state index contributed by atoms with van der Waals surface area (Å²) in [7, 11) is 0. The van der Waals surface area contributed by atoms with Crippen LogP contribution in [-0.4, -0.2) is 4.57 Å². The van der Waals surface area contributed by atoms with E-state index in [9.17, 15) is 0 Å². The maximum atomic E-state index is 2.41. The lowest BCUT2D eigenvalue weighted by Crippen LogP contribution is -1.95. The van der Waals surface area contributed by atoms with Gasteiger partial charge in [-0.25, -0.2) is 0 Å². The molecular weight excluding hydrogens is 663 g/mol. The molecule has 1 aliphatic carbocycles. The molecule has 0 saturated carbocycles. The molecule has 268 valence electrons. The van der Waals surface area contributed by atoms with Crippen LogP contribution in [0.15, 0.2) is 188 Å². The normalized spacial score (nSPS) is 11.8. The van der Waals surface area contributed by atoms with Crippen molar-refractivity contribution in [1.82, 2.24) is 4.57 Å². The Bertz CT molecular complexity index is 2720. The van der Waals surface area contributed by atoms with E-state index in [4.69, 9.17) is 0 Å². The number of benzene rings is 8. The van der Waals surface area contributed by atoms with Gasteiger partial charge >= 0.3 is 0 Å². The van der Waals surface area contributed by atoms with Gasteiger partial charge in [0, 0.05) is 16.2 Å². The van der Waals surface area contributed by atoms with Crippen LogP contribution < -0.4 is 0 Å². The molecule has 1 aromatic heterocycles. The van der Waals surface area contributed by atoms with Gasteiger partial charge in [0.25, 0.3) is 0 Å². The molecule has 1 heteroatoms. The molecule has 0 unspecified atom stereocenters. The van der Waals surface area contributed by atoms with E-state index in [1.807, 2.05) is 6.07 Å². The van der Waals surface area contributed by atoms with E-state index in [1.165, 1.54) is 101 Å². The Morgan fingerprint density at radius 1 is 0.491 bits per heavy atom. The maximum Gasteiger partial charge on any atom is 0.0541 e. The Morgan fingerprint density at radius 3 is 1.89 bits per heavy atom. The first-order valence-corrected chi connectivity index (χ1v) is 19.5. The molecule has 0 radical (unpaired) electrons. The predicted molar refractivity (Wildman–Crippen MR) is 238 cm³/mol. The molecule has 0 amide bonds. The molecule has 0 N–H and O–H groups in total. The lowest BCUT2D eigenvalue weighted by atomic mass is 9.94. The van der Waals surface area contributed by atoms with Crippen molar-refractivity contribution in [2.45, 2.75) is 40.0 Å². The number of aryl methyl sites for hydroxylation is 4. The molecule has 1 aliphatic rings. The van der Waals surface area contributed by atoms with Gasteiger partial charge in [0.2, 0.25) is 0 Å². The van der Waals surface area contributed by atoms with Crippen LogP contribution in [0.5, 0.6) is 0 Å². The smallest absolute Gasteiger partial charge is 0.0541 e. The molecule has 1 heterocycles. The summed E-state index contributed by atoms with van der Waals surface area (Å²) in [6, 6.07) is 65.3. The van der Waals surface area contributed by atoms with Crippen molar-refractivity contribution < 1.29 is 0 Å². The highest BCUT2D eigenvalue weighted by atomic mass is 15.0. The summed E-state index contributed by atoms with van der Waals surface area (Å²) in [4.78, 5) is 0. The van der Waals surface area contributed by atoms with Crippen molar-refractivity contribution in [3.05, 3.63) is 216 Å². The van der Waals surface area contributed by atoms with Crippen LogP contribution in [0.25, 0.3) is 66.6 Å². The standard InChI is InChI=1S/C29H21N.C14H14.C11H12/c1-20-13-15-21(16-14-20)23-17-18-29-26(19-23)25-10-4-5-11-28(25)30(29)27-12-6-8-22-7-2-3-9-24(22)27;1-2-12-8-10-14(11-9-12)13-6-4-3-5-7-13;1-9-5-4-7-10-6-2-3-8-11(9)10/h2-19H,1H3;3-11H,2H2,1H3;3-5,7-8H,2,6H2,1H3. The van der Waals surface area contributed by atoms with Crippen LogP contribution in [-0.2, 0) is 12.8 Å². The lowest BCUT2D eigenvalue weighted by Gasteiger charge is -2.11. The third kappa shape index (κ3) is 7.66. The highest BCUT2D eigenvalue weighted by molar-refractivity contribution is 6.11.